The Morgan fingerprint density at radius 3 is 2.56 bits per heavy atom. The minimum absolute atomic E-state index is 0.0519. The van der Waals surface area contributed by atoms with Crippen molar-refractivity contribution in [3.63, 3.8) is 0 Å². The van der Waals surface area contributed by atoms with Crippen LogP contribution in [0.5, 0.6) is 0 Å². The van der Waals surface area contributed by atoms with Crippen molar-refractivity contribution in [2.24, 2.45) is 10.3 Å². The zero-order valence-corrected chi connectivity index (χ0v) is 20.0. The number of aryl methyl sites for hydroxylation is 1. The highest BCUT2D eigenvalue weighted by molar-refractivity contribution is 7.90. The first kappa shape index (κ1) is 22.6. The van der Waals surface area contributed by atoms with E-state index in [0.717, 1.165) is 37.9 Å². The number of anilines is 1. The summed E-state index contributed by atoms with van der Waals surface area (Å²) in [7, 11) is -3.72. The Morgan fingerprint density at radius 1 is 1.00 bits per heavy atom. The SMILES string of the molecule is Cc1cccc(C(=O)N2CCCC2)c1NC(=O)C1CCCN(C2=NS(=O)(=O)c3ccccc32)C1. The Hall–Kier alpha value is -3.20. The van der Waals surface area contributed by atoms with Crippen LogP contribution in [-0.4, -0.2) is 62.0 Å². The number of hydrogen-bond donors (Lipinski definition) is 1. The highest BCUT2D eigenvalue weighted by Gasteiger charge is 2.35. The number of nitrogens with zero attached hydrogens (tertiary/aromatic N) is 3. The second-order valence-corrected chi connectivity index (χ2v) is 10.7. The van der Waals surface area contributed by atoms with Crippen molar-refractivity contribution in [1.82, 2.24) is 9.80 Å². The van der Waals surface area contributed by atoms with Crippen molar-refractivity contribution in [3.8, 4) is 0 Å². The van der Waals surface area contributed by atoms with E-state index in [1.165, 1.54) is 0 Å². The summed E-state index contributed by atoms with van der Waals surface area (Å²) in [6.45, 7) is 4.37. The minimum atomic E-state index is -3.72. The third-order valence-corrected chi connectivity index (χ3v) is 8.17. The molecule has 1 atom stereocenters. The van der Waals surface area contributed by atoms with Gasteiger partial charge in [-0.15, -0.1) is 4.40 Å². The van der Waals surface area contributed by atoms with Gasteiger partial charge in [-0.05, 0) is 56.4 Å². The van der Waals surface area contributed by atoms with Gasteiger partial charge in [-0.25, -0.2) is 0 Å². The molecule has 2 aromatic carbocycles. The molecule has 2 aromatic rings. The van der Waals surface area contributed by atoms with Gasteiger partial charge in [0.1, 0.15) is 4.90 Å². The first-order valence-electron chi connectivity index (χ1n) is 11.7. The van der Waals surface area contributed by atoms with Crippen LogP contribution in [0.3, 0.4) is 0 Å². The molecule has 3 heterocycles. The van der Waals surface area contributed by atoms with Gasteiger partial charge in [0.15, 0.2) is 5.84 Å². The number of carbonyl (C=O) groups is 2. The van der Waals surface area contributed by atoms with Gasteiger partial charge in [-0.2, -0.15) is 8.42 Å². The van der Waals surface area contributed by atoms with Crippen LogP contribution in [0.1, 0.15) is 47.2 Å². The van der Waals surface area contributed by atoms with E-state index in [1.54, 1.807) is 30.3 Å². The van der Waals surface area contributed by atoms with Crippen LogP contribution < -0.4 is 5.32 Å². The smallest absolute Gasteiger partial charge is 0.285 e. The second kappa shape index (κ2) is 8.87. The van der Waals surface area contributed by atoms with Crippen molar-refractivity contribution in [2.45, 2.75) is 37.5 Å². The fourth-order valence-corrected chi connectivity index (χ4v) is 6.26. The quantitative estimate of drug-likeness (QED) is 0.728. The molecule has 34 heavy (non-hydrogen) atoms. The number of likely N-dealkylation sites (tertiary alicyclic amines) is 2. The van der Waals surface area contributed by atoms with Gasteiger partial charge in [-0.1, -0.05) is 24.3 Å². The van der Waals surface area contributed by atoms with Crippen LogP contribution in [0, 0.1) is 12.8 Å². The summed E-state index contributed by atoms with van der Waals surface area (Å²) in [6, 6.07) is 12.3. The molecular formula is C25H28N4O4S. The summed E-state index contributed by atoms with van der Waals surface area (Å²) in [4.78, 5) is 30.3. The monoisotopic (exact) mass is 480 g/mol. The average molecular weight is 481 g/mol. The molecule has 0 bridgehead atoms. The molecular weight excluding hydrogens is 452 g/mol. The van der Waals surface area contributed by atoms with Gasteiger partial charge < -0.3 is 15.1 Å². The van der Waals surface area contributed by atoms with Crippen LogP contribution in [-0.2, 0) is 14.8 Å². The first-order chi connectivity index (χ1) is 16.3. The van der Waals surface area contributed by atoms with E-state index in [0.29, 0.717) is 42.2 Å². The minimum Gasteiger partial charge on any atom is -0.355 e. The first-order valence-corrected chi connectivity index (χ1v) is 13.2. The number of fused-ring (bicyclic) bond motifs is 1. The van der Waals surface area contributed by atoms with Gasteiger partial charge in [0, 0.05) is 31.7 Å². The Kier molecular flexibility index (Phi) is 5.89. The predicted molar refractivity (Wildman–Crippen MR) is 129 cm³/mol. The third-order valence-electron chi connectivity index (χ3n) is 6.85. The lowest BCUT2D eigenvalue weighted by atomic mass is 9.95. The lowest BCUT2D eigenvalue weighted by molar-refractivity contribution is -0.121. The zero-order chi connectivity index (χ0) is 23.9. The standard InChI is InChI=1S/C25H28N4O4S/c1-17-8-6-11-20(25(31)28-13-4-5-14-28)22(17)26-24(30)18-9-7-15-29(16-18)23-19-10-2-3-12-21(19)34(32,33)27-23/h2-3,6,8,10-12,18H,4-5,7,9,13-16H2,1H3,(H,26,30). The number of sulfonamides is 1. The molecule has 0 aliphatic carbocycles. The van der Waals surface area contributed by atoms with E-state index in [2.05, 4.69) is 9.71 Å². The fourth-order valence-electron chi connectivity index (χ4n) is 5.03. The molecule has 178 valence electrons. The normalized spacial score (nSPS) is 21.2. The number of rotatable bonds is 3. The Bertz CT molecular complexity index is 1280. The summed E-state index contributed by atoms with van der Waals surface area (Å²) in [5.74, 6) is -0.150. The molecule has 0 spiro atoms. The molecule has 0 aromatic heterocycles. The topological polar surface area (TPSA) is 99.2 Å². The van der Waals surface area contributed by atoms with Crippen LogP contribution in [0.4, 0.5) is 5.69 Å². The van der Waals surface area contributed by atoms with Gasteiger partial charge >= 0.3 is 0 Å². The third kappa shape index (κ3) is 4.09. The van der Waals surface area contributed by atoms with Crippen LogP contribution >= 0.6 is 0 Å². The molecule has 5 rings (SSSR count). The van der Waals surface area contributed by atoms with Crippen molar-refractivity contribution < 1.29 is 18.0 Å². The molecule has 0 radical (unpaired) electrons. The number of benzene rings is 2. The maximum absolute atomic E-state index is 13.3. The molecule has 1 N–H and O–H groups in total. The van der Waals surface area contributed by atoms with Gasteiger partial charge in [0.2, 0.25) is 5.91 Å². The lowest BCUT2D eigenvalue weighted by Crippen LogP contribution is -2.44. The molecule has 9 heteroatoms. The Labute approximate surface area is 199 Å². The van der Waals surface area contributed by atoms with E-state index in [-0.39, 0.29) is 22.6 Å². The van der Waals surface area contributed by atoms with E-state index in [4.69, 9.17) is 0 Å². The van der Waals surface area contributed by atoms with Gasteiger partial charge in [-0.3, -0.25) is 9.59 Å². The Morgan fingerprint density at radius 2 is 1.76 bits per heavy atom. The molecule has 2 saturated heterocycles. The number of amides is 2. The van der Waals surface area contributed by atoms with Crippen molar-refractivity contribution in [2.75, 3.05) is 31.5 Å². The van der Waals surface area contributed by atoms with Crippen molar-refractivity contribution >= 4 is 33.4 Å². The fraction of sp³-hybridized carbons (Fsp3) is 0.400. The zero-order valence-electron chi connectivity index (χ0n) is 19.2. The summed E-state index contributed by atoms with van der Waals surface area (Å²) in [6.07, 6.45) is 3.43. The second-order valence-electron chi connectivity index (χ2n) is 9.16. The number of para-hydroxylation sites is 1. The van der Waals surface area contributed by atoms with E-state index in [1.807, 2.05) is 28.9 Å². The molecule has 8 nitrogen and oxygen atoms in total. The molecule has 2 amide bonds. The van der Waals surface area contributed by atoms with E-state index in [9.17, 15) is 18.0 Å². The number of carbonyl (C=O) groups excluding carboxylic acids is 2. The molecule has 3 aliphatic rings. The number of amidine groups is 1. The summed E-state index contributed by atoms with van der Waals surface area (Å²) < 4.78 is 29.0. The maximum Gasteiger partial charge on any atom is 0.285 e. The van der Waals surface area contributed by atoms with E-state index >= 15 is 0 Å². The van der Waals surface area contributed by atoms with Crippen LogP contribution in [0.25, 0.3) is 0 Å². The summed E-state index contributed by atoms with van der Waals surface area (Å²) >= 11 is 0. The Balaban J connectivity index is 1.35. The number of hydrogen-bond acceptors (Lipinski definition) is 5. The predicted octanol–water partition coefficient (Wildman–Crippen LogP) is 3.03. The van der Waals surface area contributed by atoms with Crippen molar-refractivity contribution in [1.29, 1.82) is 0 Å². The average Bonchev–Trinajstić information content (AvgIpc) is 3.47. The molecule has 2 fully saturated rings. The highest BCUT2D eigenvalue weighted by Crippen LogP contribution is 2.31. The van der Waals surface area contributed by atoms with Crippen molar-refractivity contribution in [3.05, 3.63) is 59.2 Å². The highest BCUT2D eigenvalue weighted by atomic mass is 32.2. The maximum atomic E-state index is 13.3. The van der Waals surface area contributed by atoms with E-state index < -0.39 is 10.0 Å². The molecule has 3 aliphatic heterocycles. The van der Waals surface area contributed by atoms with Crippen LogP contribution in [0.2, 0.25) is 0 Å². The van der Waals surface area contributed by atoms with Gasteiger partial charge in [0.05, 0.1) is 17.2 Å². The summed E-state index contributed by atoms with van der Waals surface area (Å²) in [5.41, 5.74) is 2.50. The molecule has 1 unspecified atom stereocenters. The largest absolute Gasteiger partial charge is 0.355 e. The number of nitrogens with one attached hydrogen (secondary N) is 1. The van der Waals surface area contributed by atoms with Gasteiger partial charge in [0.25, 0.3) is 15.9 Å². The lowest BCUT2D eigenvalue weighted by Gasteiger charge is -2.33. The van der Waals surface area contributed by atoms with Crippen LogP contribution in [0.15, 0.2) is 51.8 Å². The number of piperidine rings is 1. The summed E-state index contributed by atoms with van der Waals surface area (Å²) in [5, 5.41) is 3.03. The molecule has 0 saturated carbocycles.